The number of fused-ring (bicyclic) bond motifs is 1. The van der Waals surface area contributed by atoms with Gasteiger partial charge in [-0.15, -0.1) is 0 Å². The fourth-order valence-electron chi connectivity index (χ4n) is 2.70. The molecule has 1 N–H and O–H groups in total. The number of halogens is 1. The van der Waals surface area contributed by atoms with Crippen LogP contribution in [-0.4, -0.2) is 15.5 Å². The molecule has 0 spiro atoms. The smallest absolute Gasteiger partial charge is 0.261 e. The third-order valence-corrected chi connectivity index (χ3v) is 4.19. The van der Waals surface area contributed by atoms with Gasteiger partial charge in [-0.25, -0.2) is 4.98 Å². The highest BCUT2D eigenvalue weighted by molar-refractivity contribution is 6.31. The predicted octanol–water partition coefficient (Wildman–Crippen LogP) is 3.81. The van der Waals surface area contributed by atoms with Crippen LogP contribution >= 0.6 is 11.6 Å². The van der Waals surface area contributed by atoms with E-state index in [1.165, 1.54) is 10.9 Å². The summed E-state index contributed by atoms with van der Waals surface area (Å²) in [4.78, 5) is 29.1. The Balaban J connectivity index is 1.86. The van der Waals surface area contributed by atoms with Crippen molar-refractivity contribution in [2.75, 3.05) is 5.32 Å². The molecule has 0 aliphatic carbocycles. The number of carbonyl (C=O) groups is 1. The molecule has 128 valence electrons. The van der Waals surface area contributed by atoms with Gasteiger partial charge in [0.1, 0.15) is 6.54 Å². The molecular weight excluding hydrogens is 338 g/mol. The van der Waals surface area contributed by atoms with E-state index >= 15 is 0 Å². The lowest BCUT2D eigenvalue weighted by Crippen LogP contribution is -2.28. The quantitative estimate of drug-likeness (QED) is 0.774. The number of carbonyl (C=O) groups excluding carboxylic acids is 1. The number of amides is 1. The van der Waals surface area contributed by atoms with Gasteiger partial charge in [-0.3, -0.25) is 14.2 Å². The first-order chi connectivity index (χ1) is 12.0. The van der Waals surface area contributed by atoms with Crippen LogP contribution in [0.4, 0.5) is 5.69 Å². The summed E-state index contributed by atoms with van der Waals surface area (Å²) in [6.07, 6.45) is 1.38. The summed E-state index contributed by atoms with van der Waals surface area (Å²) in [5.74, 6) is 0.00192. The summed E-state index contributed by atoms with van der Waals surface area (Å²) in [6, 6.07) is 12.6. The molecular formula is C19H18ClN3O2. The van der Waals surface area contributed by atoms with E-state index in [0.717, 1.165) is 11.3 Å². The second-order valence-electron chi connectivity index (χ2n) is 6.13. The van der Waals surface area contributed by atoms with Gasteiger partial charge in [0.05, 0.1) is 17.2 Å². The third kappa shape index (κ3) is 3.72. The van der Waals surface area contributed by atoms with Crippen molar-refractivity contribution in [2.24, 2.45) is 0 Å². The lowest BCUT2D eigenvalue weighted by atomic mass is 10.0. The monoisotopic (exact) mass is 355 g/mol. The maximum absolute atomic E-state index is 12.5. The molecule has 3 rings (SSSR count). The van der Waals surface area contributed by atoms with E-state index in [4.69, 9.17) is 11.6 Å². The van der Waals surface area contributed by atoms with Crippen LogP contribution in [0.25, 0.3) is 10.9 Å². The molecule has 0 radical (unpaired) electrons. The molecule has 25 heavy (non-hydrogen) atoms. The molecule has 0 aliphatic rings. The van der Waals surface area contributed by atoms with Gasteiger partial charge in [0.25, 0.3) is 5.56 Å². The normalized spacial score (nSPS) is 11.0. The average molecular weight is 356 g/mol. The van der Waals surface area contributed by atoms with Crippen LogP contribution in [-0.2, 0) is 11.3 Å². The first kappa shape index (κ1) is 17.2. The topological polar surface area (TPSA) is 64.0 Å². The minimum absolute atomic E-state index is 0.110. The van der Waals surface area contributed by atoms with E-state index in [-0.39, 0.29) is 23.9 Å². The summed E-state index contributed by atoms with van der Waals surface area (Å²) in [7, 11) is 0. The maximum Gasteiger partial charge on any atom is 0.261 e. The van der Waals surface area contributed by atoms with E-state index < -0.39 is 0 Å². The summed E-state index contributed by atoms with van der Waals surface area (Å²) >= 11 is 5.95. The highest BCUT2D eigenvalue weighted by Crippen LogP contribution is 2.23. The van der Waals surface area contributed by atoms with Crippen LogP contribution in [0.2, 0.25) is 5.02 Å². The Morgan fingerprint density at radius 1 is 1.24 bits per heavy atom. The molecule has 0 saturated carbocycles. The van der Waals surface area contributed by atoms with Crippen LogP contribution in [0, 0.1) is 0 Å². The van der Waals surface area contributed by atoms with Gasteiger partial charge in [-0.1, -0.05) is 43.6 Å². The number of nitrogens with one attached hydrogen (secondary N) is 1. The number of para-hydroxylation sites is 1. The second-order valence-corrected chi connectivity index (χ2v) is 6.57. The van der Waals surface area contributed by atoms with Gasteiger partial charge >= 0.3 is 0 Å². The highest BCUT2D eigenvalue weighted by atomic mass is 35.5. The number of anilines is 1. The van der Waals surface area contributed by atoms with Crippen molar-refractivity contribution in [3.05, 3.63) is 69.7 Å². The van der Waals surface area contributed by atoms with Crippen molar-refractivity contribution < 1.29 is 4.79 Å². The van der Waals surface area contributed by atoms with Crippen LogP contribution in [0.3, 0.4) is 0 Å². The molecule has 1 amide bonds. The zero-order chi connectivity index (χ0) is 18.0. The number of hydrogen-bond acceptors (Lipinski definition) is 3. The standard InChI is InChI=1S/C19H18ClN3O2/c1-12(2)14-5-3-4-6-17(14)22-18(24)10-23-11-21-16-8-7-13(20)9-15(16)19(23)25/h3-9,11-12H,10H2,1-2H3,(H,22,24). The Morgan fingerprint density at radius 2 is 2.00 bits per heavy atom. The van der Waals surface area contributed by atoms with Crippen molar-refractivity contribution in [2.45, 2.75) is 26.3 Å². The molecule has 0 atom stereocenters. The van der Waals surface area contributed by atoms with Gasteiger partial charge in [0, 0.05) is 10.7 Å². The van der Waals surface area contributed by atoms with E-state index in [9.17, 15) is 9.59 Å². The summed E-state index contributed by atoms with van der Waals surface area (Å²) in [6.45, 7) is 4.01. The fourth-order valence-corrected chi connectivity index (χ4v) is 2.87. The molecule has 0 fully saturated rings. The van der Waals surface area contributed by atoms with Crippen molar-refractivity contribution >= 4 is 34.1 Å². The largest absolute Gasteiger partial charge is 0.324 e. The molecule has 2 aromatic carbocycles. The molecule has 1 heterocycles. The van der Waals surface area contributed by atoms with Gasteiger partial charge < -0.3 is 5.32 Å². The molecule has 6 heteroatoms. The molecule has 0 bridgehead atoms. The summed E-state index contributed by atoms with van der Waals surface area (Å²) in [5, 5.41) is 3.73. The Hall–Kier alpha value is -2.66. The number of aromatic nitrogens is 2. The maximum atomic E-state index is 12.5. The lowest BCUT2D eigenvalue weighted by Gasteiger charge is -2.14. The van der Waals surface area contributed by atoms with Crippen LogP contribution < -0.4 is 10.9 Å². The van der Waals surface area contributed by atoms with Crippen LogP contribution in [0.15, 0.2) is 53.6 Å². The molecule has 0 saturated heterocycles. The minimum Gasteiger partial charge on any atom is -0.324 e. The second kappa shape index (κ2) is 7.07. The van der Waals surface area contributed by atoms with Crippen LogP contribution in [0.5, 0.6) is 0 Å². The van der Waals surface area contributed by atoms with E-state index in [1.54, 1.807) is 18.2 Å². The molecule has 0 unspecified atom stereocenters. The molecule has 5 nitrogen and oxygen atoms in total. The van der Waals surface area contributed by atoms with Gasteiger partial charge in [0.2, 0.25) is 5.91 Å². The van der Waals surface area contributed by atoms with E-state index in [1.807, 2.05) is 24.3 Å². The number of hydrogen-bond donors (Lipinski definition) is 1. The van der Waals surface area contributed by atoms with Crippen LogP contribution in [0.1, 0.15) is 25.3 Å². The number of rotatable bonds is 4. The average Bonchev–Trinajstić information content (AvgIpc) is 2.58. The predicted molar refractivity (Wildman–Crippen MR) is 100 cm³/mol. The Kier molecular flexibility index (Phi) is 4.86. The van der Waals surface area contributed by atoms with E-state index in [0.29, 0.717) is 15.9 Å². The first-order valence-electron chi connectivity index (χ1n) is 7.99. The van der Waals surface area contributed by atoms with Gasteiger partial charge in [0.15, 0.2) is 0 Å². The number of nitrogens with zero attached hydrogens (tertiary/aromatic N) is 2. The molecule has 1 aromatic heterocycles. The third-order valence-electron chi connectivity index (χ3n) is 3.96. The fraction of sp³-hybridized carbons (Fsp3) is 0.211. The Bertz CT molecular complexity index is 995. The number of benzene rings is 2. The van der Waals surface area contributed by atoms with Crippen molar-refractivity contribution in [3.8, 4) is 0 Å². The molecule has 3 aromatic rings. The summed E-state index contributed by atoms with van der Waals surface area (Å²) in [5.41, 5.74) is 2.06. The Labute approximate surface area is 150 Å². The minimum atomic E-state index is -0.292. The highest BCUT2D eigenvalue weighted by Gasteiger charge is 2.12. The molecule has 0 aliphatic heterocycles. The first-order valence-corrected chi connectivity index (χ1v) is 8.37. The zero-order valence-electron chi connectivity index (χ0n) is 14.0. The lowest BCUT2D eigenvalue weighted by molar-refractivity contribution is -0.116. The SMILES string of the molecule is CC(C)c1ccccc1NC(=O)Cn1cnc2ccc(Cl)cc2c1=O. The van der Waals surface area contributed by atoms with Crippen molar-refractivity contribution in [1.82, 2.24) is 9.55 Å². The van der Waals surface area contributed by atoms with E-state index in [2.05, 4.69) is 24.1 Å². The van der Waals surface area contributed by atoms with Gasteiger partial charge in [-0.2, -0.15) is 0 Å². The Morgan fingerprint density at radius 3 is 2.76 bits per heavy atom. The zero-order valence-corrected chi connectivity index (χ0v) is 14.7. The van der Waals surface area contributed by atoms with Crippen molar-refractivity contribution in [1.29, 1.82) is 0 Å². The van der Waals surface area contributed by atoms with Gasteiger partial charge in [-0.05, 0) is 35.7 Å². The summed E-state index contributed by atoms with van der Waals surface area (Å²) < 4.78 is 1.28. The van der Waals surface area contributed by atoms with Crippen molar-refractivity contribution in [3.63, 3.8) is 0 Å².